The summed E-state index contributed by atoms with van der Waals surface area (Å²) in [6.07, 6.45) is 1.54. The van der Waals surface area contributed by atoms with Crippen molar-refractivity contribution in [2.24, 2.45) is 5.92 Å². The van der Waals surface area contributed by atoms with E-state index in [2.05, 4.69) is 10.6 Å². The number of anilines is 1. The second-order valence-electron chi connectivity index (χ2n) is 6.55. The Morgan fingerprint density at radius 3 is 2.92 bits per heavy atom. The molecule has 2 aromatic carbocycles. The van der Waals surface area contributed by atoms with Crippen molar-refractivity contribution in [1.29, 1.82) is 0 Å². The number of ether oxygens (including phenoxy) is 2. The minimum absolute atomic E-state index is 0.00716. The maximum absolute atomic E-state index is 12.2. The molecular formula is C20H20N2O4. The second kappa shape index (κ2) is 7.07. The summed E-state index contributed by atoms with van der Waals surface area (Å²) in [6, 6.07) is 13.4. The van der Waals surface area contributed by atoms with Crippen molar-refractivity contribution >= 4 is 17.5 Å². The van der Waals surface area contributed by atoms with Crippen molar-refractivity contribution in [3.63, 3.8) is 0 Å². The Labute approximate surface area is 151 Å². The van der Waals surface area contributed by atoms with E-state index in [0.717, 1.165) is 22.6 Å². The van der Waals surface area contributed by atoms with E-state index in [9.17, 15) is 9.59 Å². The quantitative estimate of drug-likeness (QED) is 0.867. The van der Waals surface area contributed by atoms with Gasteiger partial charge in [-0.3, -0.25) is 9.59 Å². The summed E-state index contributed by atoms with van der Waals surface area (Å²) in [5.74, 6) is 1.20. The second-order valence-corrected chi connectivity index (χ2v) is 6.55. The predicted octanol–water partition coefficient (Wildman–Crippen LogP) is 2.62. The highest BCUT2D eigenvalue weighted by molar-refractivity contribution is 5.96. The van der Waals surface area contributed by atoms with Gasteiger partial charge in [-0.15, -0.1) is 0 Å². The summed E-state index contributed by atoms with van der Waals surface area (Å²) < 4.78 is 10.6. The molecule has 2 aromatic rings. The van der Waals surface area contributed by atoms with Crippen LogP contribution in [0, 0.1) is 5.92 Å². The Balaban J connectivity index is 1.27. The Morgan fingerprint density at radius 1 is 1.15 bits per heavy atom. The first-order chi connectivity index (χ1) is 12.7. The molecule has 0 bridgehead atoms. The van der Waals surface area contributed by atoms with Crippen molar-refractivity contribution in [2.75, 3.05) is 12.1 Å². The number of rotatable bonds is 5. The zero-order valence-electron chi connectivity index (χ0n) is 14.3. The lowest BCUT2D eigenvalue weighted by Gasteiger charge is -2.24. The fourth-order valence-electron chi connectivity index (χ4n) is 3.29. The van der Waals surface area contributed by atoms with Gasteiger partial charge >= 0.3 is 0 Å². The van der Waals surface area contributed by atoms with Crippen LogP contribution in [0.2, 0.25) is 0 Å². The smallest absolute Gasteiger partial charge is 0.231 e. The van der Waals surface area contributed by atoms with Crippen molar-refractivity contribution in [3.8, 4) is 11.5 Å². The van der Waals surface area contributed by atoms with Gasteiger partial charge in [-0.2, -0.15) is 0 Å². The maximum atomic E-state index is 12.2. The van der Waals surface area contributed by atoms with Crippen molar-refractivity contribution in [2.45, 2.75) is 25.8 Å². The van der Waals surface area contributed by atoms with E-state index < -0.39 is 0 Å². The van der Waals surface area contributed by atoms with Crippen LogP contribution in [0.4, 0.5) is 5.69 Å². The fourth-order valence-corrected chi connectivity index (χ4v) is 3.29. The molecule has 0 fully saturated rings. The van der Waals surface area contributed by atoms with Crippen molar-refractivity contribution in [3.05, 3.63) is 53.6 Å². The summed E-state index contributed by atoms with van der Waals surface area (Å²) in [4.78, 5) is 24.3. The molecular weight excluding hydrogens is 332 g/mol. The zero-order chi connectivity index (χ0) is 17.9. The summed E-state index contributed by atoms with van der Waals surface area (Å²) in [6.45, 7) is 0.660. The monoisotopic (exact) mass is 352 g/mol. The van der Waals surface area contributed by atoms with Crippen LogP contribution in [0.1, 0.15) is 24.0 Å². The predicted molar refractivity (Wildman–Crippen MR) is 95.9 cm³/mol. The Hall–Kier alpha value is -3.02. The SMILES string of the molecule is O=C(CC[C@@H]1Cc2ccccc2NC1=O)NCc1ccc2c(c1)OCO2. The zero-order valence-corrected chi connectivity index (χ0v) is 14.3. The number of carbonyl (C=O) groups is 2. The molecule has 0 aliphatic carbocycles. The fraction of sp³-hybridized carbons (Fsp3) is 0.300. The minimum atomic E-state index is -0.166. The minimum Gasteiger partial charge on any atom is -0.454 e. The van der Waals surface area contributed by atoms with Gasteiger partial charge in [-0.25, -0.2) is 0 Å². The molecule has 0 radical (unpaired) electrons. The van der Waals surface area contributed by atoms with Gasteiger partial charge < -0.3 is 20.1 Å². The van der Waals surface area contributed by atoms with Gasteiger partial charge in [0.25, 0.3) is 0 Å². The lowest BCUT2D eigenvalue weighted by atomic mass is 9.89. The summed E-state index contributed by atoms with van der Waals surface area (Å²) in [7, 11) is 0. The third-order valence-electron chi connectivity index (χ3n) is 4.76. The normalized spacial score (nSPS) is 17.4. The highest BCUT2D eigenvalue weighted by Crippen LogP contribution is 2.32. The summed E-state index contributed by atoms with van der Waals surface area (Å²) in [5, 5.41) is 5.82. The van der Waals surface area contributed by atoms with Crippen LogP contribution in [0.3, 0.4) is 0 Å². The van der Waals surface area contributed by atoms with Gasteiger partial charge in [0.05, 0.1) is 0 Å². The number of fused-ring (bicyclic) bond motifs is 2. The van der Waals surface area contributed by atoms with Gasteiger partial charge in [0.1, 0.15) is 0 Å². The van der Waals surface area contributed by atoms with Crippen molar-refractivity contribution < 1.29 is 19.1 Å². The highest BCUT2D eigenvalue weighted by Gasteiger charge is 2.26. The van der Waals surface area contributed by atoms with Crippen molar-refractivity contribution in [1.82, 2.24) is 5.32 Å². The Kier molecular flexibility index (Phi) is 4.48. The molecule has 1 atom stereocenters. The van der Waals surface area contributed by atoms with E-state index in [1.807, 2.05) is 42.5 Å². The van der Waals surface area contributed by atoms with Crippen LogP contribution in [-0.2, 0) is 22.6 Å². The van der Waals surface area contributed by atoms with Crippen LogP contribution >= 0.6 is 0 Å². The van der Waals surface area contributed by atoms with Gasteiger partial charge in [0, 0.05) is 24.6 Å². The molecule has 6 heteroatoms. The van der Waals surface area contributed by atoms with Gasteiger partial charge in [-0.05, 0) is 42.2 Å². The first-order valence-electron chi connectivity index (χ1n) is 8.73. The largest absolute Gasteiger partial charge is 0.454 e. The van der Waals surface area contributed by atoms with Crippen LogP contribution in [0.5, 0.6) is 11.5 Å². The highest BCUT2D eigenvalue weighted by atomic mass is 16.7. The molecule has 0 saturated heterocycles. The molecule has 0 saturated carbocycles. The number of para-hydroxylation sites is 1. The topological polar surface area (TPSA) is 76.7 Å². The summed E-state index contributed by atoms with van der Waals surface area (Å²) in [5.41, 5.74) is 2.95. The number of carbonyl (C=O) groups excluding carboxylic acids is 2. The van der Waals surface area contributed by atoms with Gasteiger partial charge in [0.2, 0.25) is 18.6 Å². The average molecular weight is 352 g/mol. The molecule has 2 aliphatic rings. The van der Waals surface area contributed by atoms with Crippen LogP contribution in [0.15, 0.2) is 42.5 Å². The molecule has 134 valence electrons. The number of benzene rings is 2. The molecule has 2 amide bonds. The van der Waals surface area contributed by atoms with E-state index in [4.69, 9.17) is 9.47 Å². The molecule has 6 nitrogen and oxygen atoms in total. The molecule has 2 aliphatic heterocycles. The van der Waals surface area contributed by atoms with Gasteiger partial charge in [-0.1, -0.05) is 24.3 Å². The lowest BCUT2D eigenvalue weighted by Crippen LogP contribution is -2.31. The number of hydrogen-bond donors (Lipinski definition) is 2. The first kappa shape index (κ1) is 16.4. The average Bonchev–Trinajstić information content (AvgIpc) is 3.12. The Morgan fingerprint density at radius 2 is 2.00 bits per heavy atom. The number of amides is 2. The van der Waals surface area contributed by atoms with Crippen LogP contribution < -0.4 is 20.1 Å². The van der Waals surface area contributed by atoms with Gasteiger partial charge in [0.15, 0.2) is 11.5 Å². The maximum Gasteiger partial charge on any atom is 0.231 e. The van der Waals surface area contributed by atoms with E-state index >= 15 is 0 Å². The molecule has 26 heavy (non-hydrogen) atoms. The van der Waals surface area contributed by atoms with Crippen LogP contribution in [0.25, 0.3) is 0 Å². The van der Waals surface area contributed by atoms with E-state index in [-0.39, 0.29) is 24.5 Å². The van der Waals surface area contributed by atoms with Crippen LogP contribution in [-0.4, -0.2) is 18.6 Å². The summed E-state index contributed by atoms with van der Waals surface area (Å²) >= 11 is 0. The third-order valence-corrected chi connectivity index (χ3v) is 4.76. The third kappa shape index (κ3) is 3.49. The molecule has 2 heterocycles. The van der Waals surface area contributed by atoms with E-state index in [1.165, 1.54) is 0 Å². The molecule has 0 spiro atoms. The molecule has 2 N–H and O–H groups in total. The first-order valence-corrected chi connectivity index (χ1v) is 8.73. The lowest BCUT2D eigenvalue weighted by molar-refractivity contribution is -0.122. The molecule has 4 rings (SSSR count). The number of hydrogen-bond acceptors (Lipinski definition) is 4. The molecule has 0 aromatic heterocycles. The standard InChI is InChI=1S/C20H20N2O4/c23-19(21-11-13-5-7-17-18(9-13)26-12-25-17)8-6-15-10-14-3-1-2-4-16(14)22-20(15)24/h1-5,7,9,15H,6,8,10-12H2,(H,21,23)(H,22,24)/t15-/m1/s1. The number of nitrogens with one attached hydrogen (secondary N) is 2. The van der Waals surface area contributed by atoms with E-state index in [0.29, 0.717) is 31.6 Å². The van der Waals surface area contributed by atoms with E-state index in [1.54, 1.807) is 0 Å². The molecule has 0 unspecified atom stereocenters. The Bertz CT molecular complexity index is 849.